The Hall–Kier alpha value is -3.53. The number of hydrogen-bond acceptors (Lipinski definition) is 7. The molecular weight excluding hydrogens is 598 g/mol. The van der Waals surface area contributed by atoms with Gasteiger partial charge in [0.15, 0.2) is 0 Å². The van der Waals surface area contributed by atoms with E-state index in [1.165, 1.54) is 17.8 Å². The minimum Gasteiger partial charge on any atom is -0.489 e. The number of halogens is 3. The molecule has 1 aliphatic heterocycles. The van der Waals surface area contributed by atoms with Gasteiger partial charge in [0.25, 0.3) is 0 Å². The van der Waals surface area contributed by atoms with Crippen LogP contribution in [-0.2, 0) is 21.9 Å². The van der Waals surface area contributed by atoms with Gasteiger partial charge in [-0.2, -0.15) is 4.98 Å². The summed E-state index contributed by atoms with van der Waals surface area (Å²) in [5, 5.41) is 9.47. The van der Waals surface area contributed by atoms with E-state index in [4.69, 9.17) is 37.8 Å². The lowest BCUT2D eigenvalue weighted by molar-refractivity contribution is -0.139. The zero-order valence-electron chi connectivity index (χ0n) is 23.1. The first-order chi connectivity index (χ1) is 20.3. The predicted molar refractivity (Wildman–Crippen MR) is 164 cm³/mol. The van der Waals surface area contributed by atoms with Crippen molar-refractivity contribution >= 4 is 46.9 Å². The van der Waals surface area contributed by atoms with Crippen molar-refractivity contribution in [1.29, 1.82) is 0 Å². The molecule has 0 bridgehead atoms. The Balaban J connectivity index is 1.41. The van der Waals surface area contributed by atoms with E-state index in [0.29, 0.717) is 56.1 Å². The van der Waals surface area contributed by atoms with Crippen LogP contribution in [0.15, 0.2) is 83.2 Å². The second-order valence-electron chi connectivity index (χ2n) is 9.69. The number of esters is 1. The van der Waals surface area contributed by atoms with Crippen LogP contribution in [0.4, 0.5) is 10.3 Å². The van der Waals surface area contributed by atoms with Gasteiger partial charge in [0, 0.05) is 27.1 Å². The van der Waals surface area contributed by atoms with Crippen molar-refractivity contribution in [2.24, 2.45) is 0 Å². The van der Waals surface area contributed by atoms with Crippen molar-refractivity contribution in [2.75, 3.05) is 11.9 Å². The molecule has 218 valence electrons. The molecule has 7 nitrogen and oxygen atoms in total. The van der Waals surface area contributed by atoms with Crippen molar-refractivity contribution in [1.82, 2.24) is 14.8 Å². The monoisotopic (exact) mass is 626 g/mol. The number of unbranched alkanes of at least 4 members (excludes halogenated alkanes) is 1. The van der Waals surface area contributed by atoms with E-state index < -0.39 is 12.0 Å². The molecule has 11 heteroatoms. The normalized spacial score (nSPS) is 14.4. The van der Waals surface area contributed by atoms with E-state index in [-0.39, 0.29) is 12.4 Å². The van der Waals surface area contributed by atoms with Crippen molar-refractivity contribution < 1.29 is 18.7 Å². The Morgan fingerprint density at radius 1 is 1.10 bits per heavy atom. The summed E-state index contributed by atoms with van der Waals surface area (Å²) < 4.78 is 27.5. The molecule has 0 radical (unpaired) electrons. The Labute approximate surface area is 258 Å². The summed E-state index contributed by atoms with van der Waals surface area (Å²) in [6, 6.07) is 18.7. The molecule has 1 aliphatic rings. The molecular formula is C31H29Cl2FN4O3S. The van der Waals surface area contributed by atoms with Crippen LogP contribution < -0.4 is 10.1 Å². The highest BCUT2D eigenvalue weighted by Crippen LogP contribution is 2.38. The standard InChI is InChI=1S/C31H29Cl2FN4O3S/c1-3-4-15-40-29(39)27-19(2)35-30-36-31(42-18-22-7-5-6-8-26(22)34)37-38(30)28(27)20-10-13-24(14-11-20)41-17-21-9-12-23(32)16-25(21)33/h5-14,16,28H,3-4,15,17-18H2,1-2H3,(H,35,36,37). The number of carbonyl (C=O) groups excluding carboxylic acids is 1. The van der Waals surface area contributed by atoms with Gasteiger partial charge >= 0.3 is 5.97 Å². The molecule has 2 heterocycles. The average Bonchev–Trinajstić information content (AvgIpc) is 3.38. The van der Waals surface area contributed by atoms with Crippen LogP contribution in [0.25, 0.3) is 0 Å². The van der Waals surface area contributed by atoms with Crippen LogP contribution in [0, 0.1) is 5.82 Å². The fourth-order valence-electron chi connectivity index (χ4n) is 4.46. The highest BCUT2D eigenvalue weighted by Gasteiger charge is 2.35. The summed E-state index contributed by atoms with van der Waals surface area (Å²) in [6.07, 6.45) is 1.68. The summed E-state index contributed by atoms with van der Waals surface area (Å²) in [5.74, 6) is 0.781. The summed E-state index contributed by atoms with van der Waals surface area (Å²) >= 11 is 13.6. The van der Waals surface area contributed by atoms with E-state index in [9.17, 15) is 9.18 Å². The predicted octanol–water partition coefficient (Wildman–Crippen LogP) is 8.23. The lowest BCUT2D eigenvalue weighted by Crippen LogP contribution is -2.29. The minimum atomic E-state index is -0.592. The second-order valence-corrected chi connectivity index (χ2v) is 11.5. The molecule has 0 spiro atoms. The van der Waals surface area contributed by atoms with E-state index in [1.54, 1.807) is 35.0 Å². The van der Waals surface area contributed by atoms with Crippen molar-refractivity contribution in [3.05, 3.63) is 111 Å². The molecule has 5 rings (SSSR count). The van der Waals surface area contributed by atoms with Gasteiger partial charge in [0.1, 0.15) is 24.2 Å². The molecule has 4 aromatic rings. The number of nitrogens with zero attached hydrogens (tertiary/aromatic N) is 3. The number of anilines is 1. The number of benzene rings is 3. The molecule has 0 aliphatic carbocycles. The Morgan fingerprint density at radius 2 is 1.88 bits per heavy atom. The first kappa shape index (κ1) is 29.9. The van der Waals surface area contributed by atoms with Gasteiger partial charge in [-0.05, 0) is 54.8 Å². The second kappa shape index (κ2) is 13.6. The molecule has 1 atom stereocenters. The quantitative estimate of drug-likeness (QED) is 0.102. The largest absolute Gasteiger partial charge is 0.489 e. The number of nitrogens with one attached hydrogen (secondary N) is 1. The smallest absolute Gasteiger partial charge is 0.338 e. The summed E-state index contributed by atoms with van der Waals surface area (Å²) in [6.45, 7) is 4.45. The first-order valence-corrected chi connectivity index (χ1v) is 15.2. The number of hydrogen-bond donors (Lipinski definition) is 1. The number of ether oxygens (including phenoxy) is 2. The maximum Gasteiger partial charge on any atom is 0.338 e. The topological polar surface area (TPSA) is 78.3 Å². The minimum absolute atomic E-state index is 0.270. The van der Waals surface area contributed by atoms with Gasteiger partial charge in [-0.3, -0.25) is 0 Å². The SMILES string of the molecule is CCCCOC(=O)C1=C(C)Nc2nc(SCc3ccccc3F)nn2C1c1ccc(OCc2ccc(Cl)cc2Cl)cc1. The number of thioether (sulfide) groups is 1. The van der Waals surface area contributed by atoms with Crippen molar-refractivity contribution in [2.45, 2.75) is 50.2 Å². The molecule has 42 heavy (non-hydrogen) atoms. The fraction of sp³-hybridized carbons (Fsp3) is 0.258. The molecule has 0 saturated carbocycles. The summed E-state index contributed by atoms with van der Waals surface area (Å²) in [7, 11) is 0. The highest BCUT2D eigenvalue weighted by atomic mass is 35.5. The van der Waals surface area contributed by atoms with E-state index in [1.807, 2.05) is 44.2 Å². The maximum atomic E-state index is 14.2. The summed E-state index contributed by atoms with van der Waals surface area (Å²) in [5.41, 5.74) is 3.24. The molecule has 1 N–H and O–H groups in total. The third-order valence-corrected chi connectivity index (χ3v) is 8.18. The van der Waals surface area contributed by atoms with Gasteiger partial charge in [-0.25, -0.2) is 13.9 Å². The average molecular weight is 628 g/mol. The lowest BCUT2D eigenvalue weighted by Gasteiger charge is -2.28. The van der Waals surface area contributed by atoms with Gasteiger partial charge in [0.2, 0.25) is 11.1 Å². The fourth-order valence-corrected chi connectivity index (χ4v) is 5.73. The Morgan fingerprint density at radius 3 is 2.62 bits per heavy atom. The molecule has 3 aromatic carbocycles. The van der Waals surface area contributed by atoms with E-state index in [0.717, 1.165) is 24.0 Å². The zero-order valence-corrected chi connectivity index (χ0v) is 25.4. The third-order valence-electron chi connectivity index (χ3n) is 6.70. The molecule has 1 aromatic heterocycles. The molecule has 0 amide bonds. The summed E-state index contributed by atoms with van der Waals surface area (Å²) in [4.78, 5) is 18.0. The van der Waals surface area contributed by atoms with E-state index >= 15 is 0 Å². The lowest BCUT2D eigenvalue weighted by atomic mass is 9.96. The van der Waals surface area contributed by atoms with Crippen LogP contribution in [0.2, 0.25) is 10.0 Å². The highest BCUT2D eigenvalue weighted by molar-refractivity contribution is 7.98. The van der Waals surface area contributed by atoms with Crippen LogP contribution in [0.3, 0.4) is 0 Å². The van der Waals surface area contributed by atoms with Crippen molar-refractivity contribution in [3.63, 3.8) is 0 Å². The van der Waals surface area contributed by atoms with Gasteiger partial charge in [-0.15, -0.1) is 5.10 Å². The molecule has 0 saturated heterocycles. The van der Waals surface area contributed by atoms with Crippen LogP contribution >= 0.6 is 35.0 Å². The number of carbonyl (C=O) groups is 1. The molecule has 0 fully saturated rings. The van der Waals surface area contributed by atoms with Crippen LogP contribution in [0.1, 0.15) is 49.4 Å². The van der Waals surface area contributed by atoms with Gasteiger partial charge < -0.3 is 14.8 Å². The van der Waals surface area contributed by atoms with Crippen LogP contribution in [-0.4, -0.2) is 27.3 Å². The maximum absolute atomic E-state index is 14.2. The number of fused-ring (bicyclic) bond motifs is 1. The number of rotatable bonds is 11. The third kappa shape index (κ3) is 6.91. The number of aromatic nitrogens is 3. The molecule has 1 unspecified atom stereocenters. The number of allylic oxidation sites excluding steroid dienone is 1. The van der Waals surface area contributed by atoms with Gasteiger partial charge in [0.05, 0.1) is 12.2 Å². The first-order valence-electron chi connectivity index (χ1n) is 13.5. The van der Waals surface area contributed by atoms with Gasteiger partial charge in [-0.1, -0.05) is 84.7 Å². The zero-order chi connectivity index (χ0) is 29.6. The van der Waals surface area contributed by atoms with Crippen LogP contribution in [0.5, 0.6) is 5.75 Å². The Kier molecular flexibility index (Phi) is 9.72. The van der Waals surface area contributed by atoms with Crippen molar-refractivity contribution in [3.8, 4) is 5.75 Å². The Bertz CT molecular complexity index is 1610. The van der Waals surface area contributed by atoms with E-state index in [2.05, 4.69) is 10.3 Å².